The third-order valence-corrected chi connectivity index (χ3v) is 2.89. The van der Waals surface area contributed by atoms with Crippen LogP contribution in [-0.2, 0) is 4.74 Å². The van der Waals surface area contributed by atoms with Crippen LogP contribution in [0.4, 0.5) is 11.5 Å². The highest BCUT2D eigenvalue weighted by molar-refractivity contribution is 5.45. The summed E-state index contributed by atoms with van der Waals surface area (Å²) in [5.41, 5.74) is 6.53. The molecule has 1 aliphatic heterocycles. The molecule has 1 aromatic heterocycles. The average Bonchev–Trinajstić information content (AvgIpc) is 2.63. The molecule has 4 heteroatoms. The minimum atomic E-state index is 0.360. The number of hydrogen-bond acceptors (Lipinski definition) is 4. The largest absolute Gasteiger partial charge is 0.384 e. The fraction of sp³-hybridized carbons (Fsp3) is 0.545. The van der Waals surface area contributed by atoms with Gasteiger partial charge in [0, 0.05) is 19.1 Å². The van der Waals surface area contributed by atoms with E-state index in [1.165, 1.54) is 0 Å². The molecule has 2 atom stereocenters. The lowest BCUT2D eigenvalue weighted by Crippen LogP contribution is -2.20. The van der Waals surface area contributed by atoms with Gasteiger partial charge >= 0.3 is 0 Å². The molecular formula is C11H17N3O. The molecule has 82 valence electrons. The number of nitrogen functional groups attached to an aromatic ring is 1. The van der Waals surface area contributed by atoms with Gasteiger partial charge in [-0.15, -0.1) is 0 Å². The van der Waals surface area contributed by atoms with E-state index in [2.05, 4.69) is 17.2 Å². The minimum Gasteiger partial charge on any atom is -0.384 e. The van der Waals surface area contributed by atoms with Crippen LogP contribution >= 0.6 is 0 Å². The number of anilines is 2. The van der Waals surface area contributed by atoms with E-state index in [4.69, 9.17) is 10.5 Å². The average molecular weight is 207 g/mol. The molecule has 1 fully saturated rings. The van der Waals surface area contributed by atoms with Gasteiger partial charge in [-0.05, 0) is 25.5 Å². The molecule has 0 aliphatic carbocycles. The standard InChI is InChI=1S/C11H17N3O/c1-8-9(4-5-15-8)6-13-10-2-3-11(12)14-7-10/h2-3,7-9,13H,4-6H2,1H3,(H2,12,14). The second-order valence-corrected chi connectivity index (χ2v) is 3.98. The number of nitrogens with one attached hydrogen (secondary N) is 1. The van der Waals surface area contributed by atoms with Crippen LogP contribution in [0.1, 0.15) is 13.3 Å². The zero-order valence-corrected chi connectivity index (χ0v) is 8.94. The smallest absolute Gasteiger partial charge is 0.123 e. The van der Waals surface area contributed by atoms with E-state index in [0.717, 1.165) is 25.3 Å². The SMILES string of the molecule is CC1OCCC1CNc1ccc(N)nc1. The van der Waals surface area contributed by atoms with E-state index in [0.29, 0.717) is 17.8 Å². The fourth-order valence-corrected chi connectivity index (χ4v) is 1.80. The number of nitrogens with two attached hydrogens (primary N) is 1. The second-order valence-electron chi connectivity index (χ2n) is 3.98. The quantitative estimate of drug-likeness (QED) is 0.788. The van der Waals surface area contributed by atoms with Gasteiger partial charge in [-0.2, -0.15) is 0 Å². The van der Waals surface area contributed by atoms with Crippen LogP contribution in [0.5, 0.6) is 0 Å². The van der Waals surface area contributed by atoms with E-state index in [1.54, 1.807) is 12.3 Å². The molecule has 1 aromatic rings. The van der Waals surface area contributed by atoms with Crippen molar-refractivity contribution in [2.45, 2.75) is 19.4 Å². The summed E-state index contributed by atoms with van der Waals surface area (Å²) in [6.07, 6.45) is 3.26. The Bertz CT molecular complexity index is 312. The van der Waals surface area contributed by atoms with Crippen molar-refractivity contribution in [1.82, 2.24) is 4.98 Å². The molecule has 0 bridgehead atoms. The molecule has 2 heterocycles. The van der Waals surface area contributed by atoms with Crippen LogP contribution in [0, 0.1) is 5.92 Å². The topological polar surface area (TPSA) is 60.2 Å². The maximum absolute atomic E-state index is 5.51. The first-order valence-corrected chi connectivity index (χ1v) is 5.32. The van der Waals surface area contributed by atoms with Crippen molar-refractivity contribution < 1.29 is 4.74 Å². The van der Waals surface area contributed by atoms with Crippen molar-refractivity contribution in [2.24, 2.45) is 5.92 Å². The maximum atomic E-state index is 5.51. The summed E-state index contributed by atoms with van der Waals surface area (Å²) in [6.45, 7) is 3.95. The molecular weight excluding hydrogens is 190 g/mol. The second kappa shape index (κ2) is 4.49. The summed E-state index contributed by atoms with van der Waals surface area (Å²) in [5, 5.41) is 3.35. The fourth-order valence-electron chi connectivity index (χ4n) is 1.80. The summed E-state index contributed by atoms with van der Waals surface area (Å²) in [6, 6.07) is 3.75. The van der Waals surface area contributed by atoms with Gasteiger partial charge in [-0.25, -0.2) is 4.98 Å². The normalized spacial score (nSPS) is 25.4. The number of rotatable bonds is 3. The van der Waals surface area contributed by atoms with Crippen molar-refractivity contribution >= 4 is 11.5 Å². The van der Waals surface area contributed by atoms with Crippen molar-refractivity contribution in [3.05, 3.63) is 18.3 Å². The summed E-state index contributed by atoms with van der Waals surface area (Å²) in [7, 11) is 0. The third-order valence-electron chi connectivity index (χ3n) is 2.89. The lowest BCUT2D eigenvalue weighted by molar-refractivity contribution is 0.108. The molecule has 3 N–H and O–H groups in total. The Morgan fingerprint density at radius 2 is 2.47 bits per heavy atom. The van der Waals surface area contributed by atoms with E-state index >= 15 is 0 Å². The molecule has 0 spiro atoms. The van der Waals surface area contributed by atoms with Crippen molar-refractivity contribution in [2.75, 3.05) is 24.2 Å². The summed E-state index contributed by atoms with van der Waals surface area (Å²) >= 11 is 0. The third kappa shape index (κ3) is 2.59. The zero-order valence-electron chi connectivity index (χ0n) is 8.94. The predicted octanol–water partition coefficient (Wildman–Crippen LogP) is 1.50. The van der Waals surface area contributed by atoms with Gasteiger partial charge in [-0.1, -0.05) is 0 Å². The first-order chi connectivity index (χ1) is 7.25. The van der Waals surface area contributed by atoms with Crippen LogP contribution in [0.25, 0.3) is 0 Å². The molecule has 0 saturated carbocycles. The number of pyridine rings is 1. The highest BCUT2D eigenvalue weighted by Crippen LogP contribution is 2.20. The Labute approximate surface area is 89.8 Å². The minimum absolute atomic E-state index is 0.360. The maximum Gasteiger partial charge on any atom is 0.123 e. The zero-order chi connectivity index (χ0) is 10.7. The molecule has 15 heavy (non-hydrogen) atoms. The van der Waals surface area contributed by atoms with E-state index in [1.807, 2.05) is 6.07 Å². The van der Waals surface area contributed by atoms with Crippen LogP contribution in [-0.4, -0.2) is 24.2 Å². The van der Waals surface area contributed by atoms with Gasteiger partial charge in [-0.3, -0.25) is 0 Å². The van der Waals surface area contributed by atoms with Crippen LogP contribution in [0.15, 0.2) is 18.3 Å². The Kier molecular flexibility index (Phi) is 3.06. The van der Waals surface area contributed by atoms with Crippen LogP contribution in [0.2, 0.25) is 0 Å². The molecule has 1 aliphatic rings. The van der Waals surface area contributed by atoms with Gasteiger partial charge in [0.25, 0.3) is 0 Å². The number of hydrogen-bond donors (Lipinski definition) is 2. The van der Waals surface area contributed by atoms with E-state index in [-0.39, 0.29) is 0 Å². The molecule has 2 unspecified atom stereocenters. The molecule has 0 amide bonds. The summed E-state index contributed by atoms with van der Waals surface area (Å²) < 4.78 is 5.50. The van der Waals surface area contributed by atoms with E-state index in [9.17, 15) is 0 Å². The predicted molar refractivity (Wildman–Crippen MR) is 60.7 cm³/mol. The molecule has 1 saturated heterocycles. The molecule has 0 radical (unpaired) electrons. The first kappa shape index (κ1) is 10.2. The highest BCUT2D eigenvalue weighted by Gasteiger charge is 2.23. The van der Waals surface area contributed by atoms with Gasteiger partial charge in [0.05, 0.1) is 18.0 Å². The lowest BCUT2D eigenvalue weighted by Gasteiger charge is -2.15. The van der Waals surface area contributed by atoms with Gasteiger partial charge < -0.3 is 15.8 Å². The molecule has 4 nitrogen and oxygen atoms in total. The summed E-state index contributed by atoms with van der Waals surface area (Å²) in [4.78, 5) is 4.03. The van der Waals surface area contributed by atoms with Gasteiger partial charge in [0.1, 0.15) is 5.82 Å². The monoisotopic (exact) mass is 207 g/mol. The lowest BCUT2D eigenvalue weighted by atomic mass is 10.0. The Morgan fingerprint density at radius 3 is 3.07 bits per heavy atom. The van der Waals surface area contributed by atoms with Gasteiger partial charge in [0.15, 0.2) is 0 Å². The van der Waals surface area contributed by atoms with Crippen molar-refractivity contribution in [1.29, 1.82) is 0 Å². The molecule has 0 aromatic carbocycles. The van der Waals surface area contributed by atoms with Crippen molar-refractivity contribution in [3.8, 4) is 0 Å². The summed E-state index contributed by atoms with van der Waals surface area (Å²) in [5.74, 6) is 1.15. The number of nitrogens with zero attached hydrogens (tertiary/aromatic N) is 1. The van der Waals surface area contributed by atoms with E-state index < -0.39 is 0 Å². The highest BCUT2D eigenvalue weighted by atomic mass is 16.5. The number of ether oxygens (including phenoxy) is 1. The van der Waals surface area contributed by atoms with Crippen LogP contribution < -0.4 is 11.1 Å². The number of aromatic nitrogens is 1. The Morgan fingerprint density at radius 1 is 1.60 bits per heavy atom. The first-order valence-electron chi connectivity index (χ1n) is 5.32. The Balaban J connectivity index is 1.85. The van der Waals surface area contributed by atoms with Crippen molar-refractivity contribution in [3.63, 3.8) is 0 Å². The Hall–Kier alpha value is -1.29. The van der Waals surface area contributed by atoms with Crippen LogP contribution in [0.3, 0.4) is 0 Å². The van der Waals surface area contributed by atoms with Gasteiger partial charge in [0.2, 0.25) is 0 Å². The molecule has 2 rings (SSSR count).